The van der Waals surface area contributed by atoms with Gasteiger partial charge in [0.2, 0.25) is 0 Å². The van der Waals surface area contributed by atoms with Crippen molar-refractivity contribution in [2.45, 2.75) is 6.92 Å². The summed E-state index contributed by atoms with van der Waals surface area (Å²) in [5.74, 6) is -0.949. The van der Waals surface area contributed by atoms with Crippen LogP contribution in [-0.4, -0.2) is 56.9 Å². The number of benzene rings is 2. The van der Waals surface area contributed by atoms with Crippen molar-refractivity contribution < 1.29 is 23.4 Å². The third-order valence-electron chi connectivity index (χ3n) is 4.97. The second-order valence-corrected chi connectivity index (χ2v) is 7.60. The molecule has 0 aliphatic carbocycles. The van der Waals surface area contributed by atoms with Crippen LogP contribution in [0.5, 0.6) is 5.75 Å². The Bertz CT molecular complexity index is 1570. The number of hydrogen-bond acceptors (Lipinski definition) is 9. The molecule has 1 N–H and O–H groups in total. The van der Waals surface area contributed by atoms with Gasteiger partial charge in [-0.2, -0.15) is 0 Å². The Kier molecular flexibility index (Phi) is 7.83. The average molecular weight is 517 g/mol. The highest BCUT2D eigenvalue weighted by Gasteiger charge is 2.22. The summed E-state index contributed by atoms with van der Waals surface area (Å²) in [4.78, 5) is 42.4. The van der Waals surface area contributed by atoms with Crippen molar-refractivity contribution in [1.82, 2.24) is 24.7 Å². The zero-order chi connectivity index (χ0) is 27.1. The van der Waals surface area contributed by atoms with E-state index in [-0.39, 0.29) is 42.0 Å². The number of carbonyl (C=O) groups excluding carboxylic acids is 1. The molecule has 38 heavy (non-hydrogen) atoms. The molecule has 0 fully saturated rings. The second kappa shape index (κ2) is 11.6. The molecule has 0 spiro atoms. The number of halogens is 1. The van der Waals surface area contributed by atoms with Crippen LogP contribution < -0.4 is 10.4 Å². The van der Waals surface area contributed by atoms with Gasteiger partial charge in [-0.05, 0) is 42.8 Å². The normalized spacial score (nSPS) is 11.1. The average Bonchev–Trinajstić information content (AvgIpc) is 3.33. The molecule has 0 radical (unpaired) electrons. The first kappa shape index (κ1) is 25.7. The predicted molar refractivity (Wildman–Crippen MR) is 133 cm³/mol. The monoisotopic (exact) mass is 517 g/mol. The van der Waals surface area contributed by atoms with E-state index in [9.17, 15) is 9.59 Å². The number of aromatic nitrogens is 5. The number of methoxy groups -OCH3 is 1. The Labute approximate surface area is 215 Å². The summed E-state index contributed by atoms with van der Waals surface area (Å²) in [6.07, 6.45) is 2.01. The Hall–Kier alpha value is -5.38. The summed E-state index contributed by atoms with van der Waals surface area (Å²) in [5, 5.41) is 4.26. The SMILES string of the molecule is [C-]#[N+]c1ccc(N=C(c2nn(-c3ncccn3)c(=O)[nH]2)c2cc(C)cc(OCCOC(=O)OC)c2F)cc1. The summed E-state index contributed by atoms with van der Waals surface area (Å²) in [7, 11) is 1.17. The number of aryl methyl sites for hydroxylation is 1. The van der Waals surface area contributed by atoms with E-state index >= 15 is 4.39 Å². The maximum Gasteiger partial charge on any atom is 0.508 e. The van der Waals surface area contributed by atoms with Crippen molar-refractivity contribution in [3.8, 4) is 11.7 Å². The second-order valence-electron chi connectivity index (χ2n) is 7.60. The van der Waals surface area contributed by atoms with Gasteiger partial charge in [0.05, 0.1) is 19.4 Å². The first-order valence-corrected chi connectivity index (χ1v) is 11.1. The van der Waals surface area contributed by atoms with Crippen LogP contribution in [0.25, 0.3) is 10.8 Å². The minimum absolute atomic E-state index is 0.01000. The number of ether oxygens (including phenoxy) is 3. The molecule has 2 aromatic heterocycles. The largest absolute Gasteiger partial charge is 0.508 e. The predicted octanol–water partition coefficient (Wildman–Crippen LogP) is 3.68. The van der Waals surface area contributed by atoms with Gasteiger partial charge in [-0.3, -0.25) is 4.98 Å². The lowest BCUT2D eigenvalue weighted by atomic mass is 10.0. The molecule has 4 aromatic rings. The lowest BCUT2D eigenvalue weighted by Crippen LogP contribution is -2.18. The third kappa shape index (κ3) is 5.88. The molecule has 12 nitrogen and oxygen atoms in total. The molecule has 0 bridgehead atoms. The van der Waals surface area contributed by atoms with Gasteiger partial charge in [-0.25, -0.2) is 33.8 Å². The fraction of sp³-hybridized carbons (Fsp3) is 0.160. The van der Waals surface area contributed by atoms with Gasteiger partial charge >= 0.3 is 11.8 Å². The van der Waals surface area contributed by atoms with E-state index in [0.717, 1.165) is 4.68 Å². The van der Waals surface area contributed by atoms with Gasteiger partial charge in [0.25, 0.3) is 5.95 Å². The Balaban J connectivity index is 1.79. The highest BCUT2D eigenvalue weighted by molar-refractivity contribution is 6.12. The third-order valence-corrected chi connectivity index (χ3v) is 4.97. The Morgan fingerprint density at radius 2 is 1.92 bits per heavy atom. The molecule has 2 heterocycles. The van der Waals surface area contributed by atoms with Gasteiger partial charge in [0.1, 0.15) is 18.9 Å². The number of H-pyrrole nitrogens is 1. The lowest BCUT2D eigenvalue weighted by Gasteiger charge is -2.13. The van der Waals surface area contributed by atoms with E-state index in [4.69, 9.17) is 16.0 Å². The van der Waals surface area contributed by atoms with Crippen molar-refractivity contribution >= 4 is 23.2 Å². The van der Waals surface area contributed by atoms with Crippen molar-refractivity contribution in [2.75, 3.05) is 20.3 Å². The molecule has 0 aliphatic rings. The number of hydrogen-bond donors (Lipinski definition) is 1. The molecule has 4 rings (SSSR count). The van der Waals surface area contributed by atoms with Crippen LogP contribution in [0.1, 0.15) is 17.0 Å². The zero-order valence-electron chi connectivity index (χ0n) is 20.2. The molecule has 0 aliphatic heterocycles. The number of nitrogens with one attached hydrogen (secondary N) is 1. The topological polar surface area (TPSA) is 138 Å². The van der Waals surface area contributed by atoms with Gasteiger partial charge in [0, 0.05) is 18.0 Å². The van der Waals surface area contributed by atoms with Crippen molar-refractivity contribution in [1.29, 1.82) is 0 Å². The van der Waals surface area contributed by atoms with E-state index in [1.165, 1.54) is 31.6 Å². The van der Waals surface area contributed by atoms with Gasteiger partial charge in [-0.1, -0.05) is 12.1 Å². The molecule has 0 saturated carbocycles. The lowest BCUT2D eigenvalue weighted by molar-refractivity contribution is 0.0612. The van der Waals surface area contributed by atoms with E-state index in [1.807, 2.05) is 0 Å². The minimum Gasteiger partial charge on any atom is -0.487 e. The van der Waals surface area contributed by atoms with Gasteiger partial charge in [0.15, 0.2) is 23.1 Å². The fourth-order valence-electron chi connectivity index (χ4n) is 3.29. The van der Waals surface area contributed by atoms with Crippen LogP contribution >= 0.6 is 0 Å². The van der Waals surface area contributed by atoms with Crippen molar-refractivity contribution in [2.24, 2.45) is 4.99 Å². The molecule has 192 valence electrons. The first-order chi connectivity index (χ1) is 18.4. The first-order valence-electron chi connectivity index (χ1n) is 11.1. The maximum absolute atomic E-state index is 15.8. The zero-order valence-corrected chi connectivity index (χ0v) is 20.2. The van der Waals surface area contributed by atoms with Crippen LogP contribution in [0.2, 0.25) is 0 Å². The molecule has 0 unspecified atom stereocenters. The minimum atomic E-state index is -0.889. The Morgan fingerprint density at radius 3 is 2.61 bits per heavy atom. The number of aromatic amines is 1. The highest BCUT2D eigenvalue weighted by atomic mass is 19.1. The van der Waals surface area contributed by atoms with E-state index in [1.54, 1.807) is 37.3 Å². The summed E-state index contributed by atoms with van der Waals surface area (Å²) in [6.45, 7) is 8.55. The number of nitrogens with zero attached hydrogens (tertiary/aromatic N) is 6. The standard InChI is InChI=1S/C25H20FN7O5/c1-15-13-18(20(26)19(14-15)37-11-12-38-25(35)36-3)21(30-17-7-5-16(27-2)6-8-17)22-31-24(34)33(32-22)23-28-9-4-10-29-23/h4-10,13-14H,11-12H2,1,3H3,(H,31,32,34). The van der Waals surface area contributed by atoms with E-state index in [2.05, 4.69) is 34.6 Å². The molecule has 0 atom stereocenters. The number of rotatable bonds is 8. The molecule has 13 heteroatoms. The summed E-state index contributed by atoms with van der Waals surface area (Å²) in [5.41, 5.74) is 0.716. The molecule has 0 saturated heterocycles. The number of aliphatic imine (C=N–C) groups is 1. The summed E-state index contributed by atoms with van der Waals surface area (Å²) < 4.78 is 31.4. The van der Waals surface area contributed by atoms with Gasteiger partial charge < -0.3 is 14.2 Å². The quantitative estimate of drug-likeness (QED) is 0.162. The molecule has 2 aromatic carbocycles. The van der Waals surface area contributed by atoms with E-state index in [0.29, 0.717) is 16.9 Å². The van der Waals surface area contributed by atoms with Crippen molar-refractivity contribution in [3.63, 3.8) is 0 Å². The summed E-state index contributed by atoms with van der Waals surface area (Å²) in [6, 6.07) is 10.9. The summed E-state index contributed by atoms with van der Waals surface area (Å²) >= 11 is 0. The highest BCUT2D eigenvalue weighted by Crippen LogP contribution is 2.27. The Morgan fingerprint density at radius 1 is 1.18 bits per heavy atom. The van der Waals surface area contributed by atoms with Crippen LogP contribution in [0.15, 0.2) is 64.6 Å². The molecular formula is C25H20FN7O5. The van der Waals surface area contributed by atoms with Crippen LogP contribution in [-0.2, 0) is 9.47 Å². The smallest absolute Gasteiger partial charge is 0.487 e. The molecule has 0 amide bonds. The molecular weight excluding hydrogens is 497 g/mol. The number of carbonyl (C=O) groups is 1. The van der Waals surface area contributed by atoms with Crippen LogP contribution in [0.3, 0.4) is 0 Å². The van der Waals surface area contributed by atoms with Crippen LogP contribution in [0, 0.1) is 19.3 Å². The maximum atomic E-state index is 15.8. The van der Waals surface area contributed by atoms with Crippen LogP contribution in [0.4, 0.5) is 20.6 Å². The van der Waals surface area contributed by atoms with E-state index < -0.39 is 17.7 Å². The van der Waals surface area contributed by atoms with Crippen molar-refractivity contribution in [3.05, 3.63) is 99.5 Å². The van der Waals surface area contributed by atoms with Gasteiger partial charge in [-0.15, -0.1) is 9.78 Å². The fourth-order valence-corrected chi connectivity index (χ4v) is 3.29.